The Bertz CT molecular complexity index is 552. The summed E-state index contributed by atoms with van der Waals surface area (Å²) in [5.41, 5.74) is 0.586. The average molecular weight is 426 g/mol. The Hall–Kier alpha value is -1.39. The lowest BCUT2D eigenvalue weighted by molar-refractivity contribution is -0.118. The summed E-state index contributed by atoms with van der Waals surface area (Å²) < 4.78 is 5.83. The van der Waals surface area contributed by atoms with E-state index in [2.05, 4.69) is 18.7 Å². The van der Waals surface area contributed by atoms with E-state index in [1.807, 2.05) is 19.1 Å². The number of ketones is 2. The van der Waals surface area contributed by atoms with Gasteiger partial charge in [0.1, 0.15) is 11.5 Å². The monoisotopic (exact) mass is 425 g/mol. The molecule has 0 saturated carbocycles. The van der Waals surface area contributed by atoms with Gasteiger partial charge >= 0.3 is 0 Å². The lowest BCUT2D eigenvalue weighted by atomic mass is 10.0. The summed E-state index contributed by atoms with van der Waals surface area (Å²) in [6.45, 7) is 10.6. The predicted octanol–water partition coefficient (Wildman–Crippen LogP) is 6.11. The maximum atomic E-state index is 12.2. The first-order valence-electron chi connectivity index (χ1n) is 11.1. The predicted molar refractivity (Wildman–Crippen MR) is 124 cm³/mol. The molecule has 0 spiro atoms. The summed E-state index contributed by atoms with van der Waals surface area (Å²) >= 11 is 0. The number of nitrogens with zero attached hydrogens (tertiary/aromatic N) is 1. The van der Waals surface area contributed by atoms with Gasteiger partial charge in [-0.2, -0.15) is 0 Å². The van der Waals surface area contributed by atoms with Crippen molar-refractivity contribution in [2.45, 2.75) is 78.6 Å². The molecule has 0 heterocycles. The van der Waals surface area contributed by atoms with Gasteiger partial charge < -0.3 is 9.64 Å². The highest BCUT2D eigenvalue weighted by atomic mass is 35.5. The molecule has 0 unspecified atom stereocenters. The van der Waals surface area contributed by atoms with E-state index in [1.54, 1.807) is 12.1 Å². The van der Waals surface area contributed by atoms with Gasteiger partial charge in [0.05, 0.1) is 13.0 Å². The first-order chi connectivity index (χ1) is 13.6. The molecular formula is C24H40ClNO3. The van der Waals surface area contributed by atoms with Crippen LogP contribution in [0.2, 0.25) is 0 Å². The van der Waals surface area contributed by atoms with Gasteiger partial charge in [0.15, 0.2) is 5.78 Å². The van der Waals surface area contributed by atoms with Crippen LogP contribution in [0.25, 0.3) is 0 Å². The highest BCUT2D eigenvalue weighted by molar-refractivity contribution is 6.07. The zero-order chi connectivity index (χ0) is 20.6. The minimum absolute atomic E-state index is 0. The molecule has 0 aliphatic heterocycles. The van der Waals surface area contributed by atoms with Crippen LogP contribution in [0.1, 0.15) is 88.9 Å². The highest BCUT2D eigenvalue weighted by Gasteiger charge is 2.11. The Morgan fingerprint density at radius 3 is 1.93 bits per heavy atom. The number of halogens is 1. The van der Waals surface area contributed by atoms with E-state index in [0.29, 0.717) is 18.6 Å². The quantitative estimate of drug-likeness (QED) is 0.171. The van der Waals surface area contributed by atoms with Crippen LogP contribution in [0.5, 0.6) is 5.75 Å². The Balaban J connectivity index is 0.00000784. The maximum Gasteiger partial charge on any atom is 0.170 e. The fourth-order valence-corrected chi connectivity index (χ4v) is 3.06. The third-order valence-corrected chi connectivity index (χ3v) is 4.89. The SMILES string of the molecule is CCCCC(=O)CC(=O)c1ccc(OCCCN(CCCC)CCCC)cc1.Cl. The van der Waals surface area contributed by atoms with Crippen molar-refractivity contribution in [2.24, 2.45) is 0 Å². The summed E-state index contributed by atoms with van der Waals surface area (Å²) in [5, 5.41) is 0. The number of carbonyl (C=O) groups is 2. The highest BCUT2D eigenvalue weighted by Crippen LogP contribution is 2.15. The van der Waals surface area contributed by atoms with E-state index >= 15 is 0 Å². The lowest BCUT2D eigenvalue weighted by Crippen LogP contribution is -2.28. The molecule has 4 nitrogen and oxygen atoms in total. The van der Waals surface area contributed by atoms with Gasteiger partial charge in [-0.3, -0.25) is 9.59 Å². The summed E-state index contributed by atoms with van der Waals surface area (Å²) in [4.78, 5) is 26.5. The van der Waals surface area contributed by atoms with E-state index in [0.717, 1.165) is 31.6 Å². The molecule has 0 aliphatic carbocycles. The second-order valence-electron chi connectivity index (χ2n) is 7.52. The minimum atomic E-state index is -0.102. The zero-order valence-electron chi connectivity index (χ0n) is 18.6. The molecule has 1 aromatic carbocycles. The molecule has 0 aliphatic rings. The molecule has 5 heteroatoms. The largest absolute Gasteiger partial charge is 0.494 e. The van der Waals surface area contributed by atoms with Gasteiger partial charge in [0, 0.05) is 18.5 Å². The molecule has 1 aromatic rings. The third kappa shape index (κ3) is 12.7. The van der Waals surface area contributed by atoms with Crippen molar-refractivity contribution >= 4 is 24.0 Å². The number of Topliss-reactive ketones (excluding diaryl/α,β-unsaturated/α-hetero) is 2. The summed E-state index contributed by atoms with van der Waals surface area (Å²) in [6.07, 6.45) is 8.29. The van der Waals surface area contributed by atoms with Crippen LogP contribution in [0.3, 0.4) is 0 Å². The molecule has 0 atom stereocenters. The standard InChI is InChI=1S/C24H39NO3.ClH/c1-4-7-11-22(26)20-24(27)21-12-14-23(15-13-21)28-19-10-18-25(16-8-5-2)17-9-6-3;/h12-15H,4-11,16-20H2,1-3H3;1H. The molecule has 0 N–H and O–H groups in total. The number of benzene rings is 1. The van der Waals surface area contributed by atoms with Crippen molar-refractivity contribution in [3.05, 3.63) is 29.8 Å². The maximum absolute atomic E-state index is 12.2. The van der Waals surface area contributed by atoms with Crippen molar-refractivity contribution in [3.8, 4) is 5.75 Å². The second kappa shape index (κ2) is 17.5. The number of hydrogen-bond acceptors (Lipinski definition) is 4. The summed E-state index contributed by atoms with van der Waals surface area (Å²) in [6, 6.07) is 7.19. The number of ether oxygens (including phenoxy) is 1. The zero-order valence-corrected chi connectivity index (χ0v) is 19.4. The van der Waals surface area contributed by atoms with Gasteiger partial charge in [-0.1, -0.05) is 40.0 Å². The lowest BCUT2D eigenvalue weighted by Gasteiger charge is -2.21. The van der Waals surface area contributed by atoms with E-state index in [1.165, 1.54) is 38.8 Å². The molecule has 166 valence electrons. The van der Waals surface area contributed by atoms with Crippen LogP contribution in [0.15, 0.2) is 24.3 Å². The fourth-order valence-electron chi connectivity index (χ4n) is 3.06. The number of unbranched alkanes of at least 4 members (excludes halogenated alkanes) is 3. The summed E-state index contributed by atoms with van der Waals surface area (Å²) in [5.74, 6) is 0.709. The van der Waals surface area contributed by atoms with E-state index < -0.39 is 0 Å². The van der Waals surface area contributed by atoms with Crippen molar-refractivity contribution in [1.82, 2.24) is 4.90 Å². The summed E-state index contributed by atoms with van der Waals surface area (Å²) in [7, 11) is 0. The van der Waals surface area contributed by atoms with Crippen LogP contribution < -0.4 is 4.74 Å². The Labute approximate surface area is 183 Å². The van der Waals surface area contributed by atoms with Crippen LogP contribution >= 0.6 is 12.4 Å². The minimum Gasteiger partial charge on any atom is -0.494 e. The molecule has 29 heavy (non-hydrogen) atoms. The third-order valence-electron chi connectivity index (χ3n) is 4.89. The topological polar surface area (TPSA) is 46.6 Å². The fraction of sp³-hybridized carbons (Fsp3) is 0.667. The van der Waals surface area contributed by atoms with Gasteiger partial charge in [-0.25, -0.2) is 0 Å². The van der Waals surface area contributed by atoms with Gasteiger partial charge in [0.25, 0.3) is 0 Å². The molecule has 0 aromatic heterocycles. The molecule has 0 amide bonds. The molecule has 0 saturated heterocycles. The Kier molecular flexibility index (Phi) is 16.6. The van der Waals surface area contributed by atoms with Crippen molar-refractivity contribution < 1.29 is 14.3 Å². The normalized spacial score (nSPS) is 10.6. The van der Waals surface area contributed by atoms with Gasteiger partial charge in [-0.15, -0.1) is 12.4 Å². The first-order valence-corrected chi connectivity index (χ1v) is 11.1. The van der Waals surface area contributed by atoms with Crippen LogP contribution in [-0.2, 0) is 4.79 Å². The van der Waals surface area contributed by atoms with Crippen LogP contribution in [0.4, 0.5) is 0 Å². The Morgan fingerprint density at radius 2 is 1.38 bits per heavy atom. The molecule has 0 bridgehead atoms. The van der Waals surface area contributed by atoms with Crippen molar-refractivity contribution in [3.63, 3.8) is 0 Å². The van der Waals surface area contributed by atoms with Crippen LogP contribution in [0, 0.1) is 0 Å². The molecular weight excluding hydrogens is 386 g/mol. The van der Waals surface area contributed by atoms with Gasteiger partial charge in [-0.05, 0) is 63.0 Å². The smallest absolute Gasteiger partial charge is 0.170 e. The Morgan fingerprint density at radius 1 is 0.828 bits per heavy atom. The van der Waals surface area contributed by atoms with E-state index in [9.17, 15) is 9.59 Å². The average Bonchev–Trinajstić information content (AvgIpc) is 2.71. The molecule has 1 rings (SSSR count). The van der Waals surface area contributed by atoms with E-state index in [4.69, 9.17) is 4.74 Å². The van der Waals surface area contributed by atoms with Crippen LogP contribution in [-0.4, -0.2) is 42.7 Å². The second-order valence-corrected chi connectivity index (χ2v) is 7.52. The molecule has 0 fully saturated rings. The molecule has 0 radical (unpaired) electrons. The number of hydrogen-bond donors (Lipinski definition) is 0. The number of carbonyl (C=O) groups excluding carboxylic acids is 2. The van der Waals surface area contributed by atoms with Gasteiger partial charge in [0.2, 0.25) is 0 Å². The van der Waals surface area contributed by atoms with Crippen molar-refractivity contribution in [1.29, 1.82) is 0 Å². The van der Waals surface area contributed by atoms with E-state index in [-0.39, 0.29) is 30.4 Å². The number of rotatable bonds is 17. The van der Waals surface area contributed by atoms with Crippen molar-refractivity contribution in [2.75, 3.05) is 26.2 Å². The first kappa shape index (κ1) is 27.6.